The highest BCUT2D eigenvalue weighted by atomic mass is 35.5. The maximum absolute atomic E-state index is 14.2. The molecule has 0 saturated heterocycles. The van der Waals surface area contributed by atoms with Gasteiger partial charge in [0.1, 0.15) is 22.3 Å². The van der Waals surface area contributed by atoms with Crippen molar-refractivity contribution in [2.24, 2.45) is 0 Å². The first-order chi connectivity index (χ1) is 20.7. The van der Waals surface area contributed by atoms with Crippen LogP contribution in [0, 0.1) is 11.8 Å². The second-order valence-corrected chi connectivity index (χ2v) is 11.0. The van der Waals surface area contributed by atoms with E-state index in [1.165, 1.54) is 49.6 Å². The number of hydrogen-bond donors (Lipinski definition) is 1. The summed E-state index contributed by atoms with van der Waals surface area (Å²) in [7, 11) is -2.93. The molecule has 4 rings (SSSR count). The highest BCUT2D eigenvalue weighted by Gasteiger charge is 2.29. The average Bonchev–Trinajstić information content (AvgIpc) is 2.96. The van der Waals surface area contributed by atoms with Crippen LogP contribution in [0.5, 0.6) is 11.5 Å². The average molecular weight is 657 g/mol. The number of methoxy groups -OCH3 is 1. The lowest BCUT2D eigenvalue weighted by Gasteiger charge is -2.25. The summed E-state index contributed by atoms with van der Waals surface area (Å²) in [6.45, 7) is -0.129. The largest absolute Gasteiger partial charge is 0.495 e. The first-order valence-electron chi connectivity index (χ1n) is 12.5. The van der Waals surface area contributed by atoms with Crippen molar-refractivity contribution >= 4 is 44.9 Å². The zero-order chi connectivity index (χ0) is 32.2. The molecule has 1 N–H and O–H groups in total. The Kier molecular flexibility index (Phi) is 9.59. The number of nitrogens with one attached hydrogen (secondary N) is 1. The molecule has 44 heavy (non-hydrogen) atoms. The lowest BCUT2D eigenvalue weighted by Crippen LogP contribution is -2.26. The molecule has 0 radical (unpaired) electrons. The monoisotopic (exact) mass is 656 g/mol. The van der Waals surface area contributed by atoms with E-state index in [9.17, 15) is 35.2 Å². The third kappa shape index (κ3) is 7.52. The molecule has 0 saturated carbocycles. The minimum Gasteiger partial charge on any atom is -0.495 e. The van der Waals surface area contributed by atoms with Crippen LogP contribution >= 0.6 is 11.6 Å². The van der Waals surface area contributed by atoms with E-state index < -0.39 is 46.2 Å². The van der Waals surface area contributed by atoms with Crippen molar-refractivity contribution in [3.8, 4) is 22.6 Å². The molecule has 0 aliphatic heterocycles. The van der Waals surface area contributed by atoms with E-state index >= 15 is 0 Å². The van der Waals surface area contributed by atoms with Crippen molar-refractivity contribution in [2.75, 3.05) is 23.3 Å². The van der Waals surface area contributed by atoms with Gasteiger partial charge in [0.15, 0.2) is 18.2 Å². The second-order valence-electron chi connectivity index (χ2n) is 8.94. The van der Waals surface area contributed by atoms with Crippen molar-refractivity contribution < 1.29 is 44.6 Å². The summed E-state index contributed by atoms with van der Waals surface area (Å²) in [5, 5.41) is 0.00840. The Balaban J connectivity index is 1.70. The summed E-state index contributed by atoms with van der Waals surface area (Å²) >= 11 is 6.54. The second kappa shape index (κ2) is 13.0. The summed E-state index contributed by atoms with van der Waals surface area (Å²) in [5.74, 6) is -3.23. The Bertz CT molecular complexity index is 1790. The lowest BCUT2D eigenvalue weighted by molar-refractivity contribution is -0.153. The molecule has 0 aliphatic carbocycles. The Morgan fingerprint density at radius 3 is 2.41 bits per heavy atom. The fourth-order valence-corrected chi connectivity index (χ4v) is 5.13. The minimum atomic E-state index is -4.69. The Morgan fingerprint density at radius 1 is 1.05 bits per heavy atom. The number of pyridine rings is 2. The van der Waals surface area contributed by atoms with Gasteiger partial charge in [0.25, 0.3) is 10.0 Å². The highest BCUT2D eigenvalue weighted by Crippen LogP contribution is 2.42. The molecule has 0 spiro atoms. The van der Waals surface area contributed by atoms with E-state index in [1.807, 2.05) is 0 Å². The van der Waals surface area contributed by atoms with Gasteiger partial charge in [-0.05, 0) is 54.1 Å². The predicted molar refractivity (Wildman–Crippen MR) is 152 cm³/mol. The number of hydrogen-bond acceptors (Lipinski definition) is 7. The molecule has 1 amide bonds. The summed E-state index contributed by atoms with van der Waals surface area (Å²) in [5.41, 5.74) is 0.521. The van der Waals surface area contributed by atoms with Gasteiger partial charge in [0.2, 0.25) is 11.9 Å². The molecule has 16 heteroatoms. The molecule has 2 aromatic heterocycles. The molecule has 4 aromatic rings. The quantitative estimate of drug-likeness (QED) is 0.146. The smallest absolute Gasteiger partial charge is 0.422 e. The van der Waals surface area contributed by atoms with Crippen molar-refractivity contribution in [3.63, 3.8) is 0 Å². The van der Waals surface area contributed by atoms with Crippen LogP contribution in [0.1, 0.15) is 13.3 Å². The maximum Gasteiger partial charge on any atom is 0.422 e. The zero-order valence-corrected chi connectivity index (χ0v) is 24.4. The molecule has 2 aromatic carbocycles. The van der Waals surface area contributed by atoms with E-state index in [0.717, 1.165) is 29.3 Å². The topological polar surface area (TPSA) is 111 Å². The van der Waals surface area contributed by atoms with Gasteiger partial charge in [0.05, 0.1) is 17.8 Å². The number of carbonyl (C=O) groups excluding carboxylic acids is 1. The normalized spacial score (nSPS) is 11.6. The number of nitrogens with zero attached hydrogens (tertiary/aromatic N) is 3. The summed E-state index contributed by atoms with van der Waals surface area (Å²) in [4.78, 5) is 21.5. The number of rotatable bonds is 10. The molecule has 2 heterocycles. The van der Waals surface area contributed by atoms with Crippen molar-refractivity contribution in [1.82, 2.24) is 9.97 Å². The van der Waals surface area contributed by atoms with Gasteiger partial charge in [-0.25, -0.2) is 22.8 Å². The molecule has 232 valence electrons. The van der Waals surface area contributed by atoms with Gasteiger partial charge in [-0.15, -0.1) is 0 Å². The number of ether oxygens (including phenoxy) is 2. The lowest BCUT2D eigenvalue weighted by atomic mass is 10.0. The number of halogens is 6. The Hall–Kier alpha value is -4.50. The van der Waals surface area contributed by atoms with Gasteiger partial charge in [0, 0.05) is 18.2 Å². The van der Waals surface area contributed by atoms with Gasteiger partial charge in [-0.2, -0.15) is 17.6 Å². The van der Waals surface area contributed by atoms with Crippen LogP contribution in [0.25, 0.3) is 11.1 Å². The predicted octanol–water partition coefficient (Wildman–Crippen LogP) is 6.90. The van der Waals surface area contributed by atoms with E-state index in [0.29, 0.717) is 0 Å². The van der Waals surface area contributed by atoms with Crippen LogP contribution in [-0.4, -0.2) is 44.2 Å². The third-order valence-electron chi connectivity index (χ3n) is 5.91. The SMILES string of the molecule is CCC(=O)N(c1ccc(S(=O)(=O)Nc2cccc(F)n2)cn1)c1cc(Cl)c(-c2ccc(F)c(OCC(F)(F)F)c2)cc1OC. The molecule has 0 bridgehead atoms. The van der Waals surface area contributed by atoms with Crippen molar-refractivity contribution in [1.29, 1.82) is 0 Å². The van der Waals surface area contributed by atoms with Gasteiger partial charge in [-0.3, -0.25) is 14.4 Å². The summed E-state index contributed by atoms with van der Waals surface area (Å²) in [6, 6.07) is 12.0. The van der Waals surface area contributed by atoms with E-state index in [2.05, 4.69) is 19.4 Å². The molecular weight excluding hydrogens is 635 g/mol. The van der Waals surface area contributed by atoms with Crippen LogP contribution < -0.4 is 19.1 Å². The van der Waals surface area contributed by atoms with Crippen LogP contribution in [0.2, 0.25) is 5.02 Å². The van der Waals surface area contributed by atoms with Crippen LogP contribution in [0.4, 0.5) is 39.3 Å². The zero-order valence-electron chi connectivity index (χ0n) is 22.8. The number of anilines is 3. The van der Waals surface area contributed by atoms with Crippen LogP contribution in [-0.2, 0) is 14.8 Å². The van der Waals surface area contributed by atoms with E-state index in [-0.39, 0.29) is 50.5 Å². The molecular formula is C28H22ClF5N4O5S. The fraction of sp³-hybridized carbons (Fsp3) is 0.179. The molecule has 0 aliphatic rings. The van der Waals surface area contributed by atoms with Crippen molar-refractivity contribution in [3.05, 3.63) is 83.6 Å². The molecule has 0 fully saturated rings. The first-order valence-corrected chi connectivity index (χ1v) is 14.4. The van der Waals surface area contributed by atoms with Gasteiger partial charge in [-0.1, -0.05) is 30.7 Å². The maximum atomic E-state index is 14.2. The number of aromatic nitrogens is 2. The van der Waals surface area contributed by atoms with Crippen LogP contribution in [0.15, 0.2) is 71.8 Å². The Labute approximate surface area is 253 Å². The molecule has 0 atom stereocenters. The fourth-order valence-electron chi connectivity index (χ4n) is 3.91. The first kappa shape index (κ1) is 32.4. The van der Waals surface area contributed by atoms with E-state index in [4.69, 9.17) is 16.3 Å². The highest BCUT2D eigenvalue weighted by molar-refractivity contribution is 7.92. The van der Waals surface area contributed by atoms with Crippen molar-refractivity contribution in [2.45, 2.75) is 24.4 Å². The van der Waals surface area contributed by atoms with E-state index in [1.54, 1.807) is 6.92 Å². The summed E-state index contributed by atoms with van der Waals surface area (Å²) < 4.78 is 103. The standard InChI is InChI=1S/C28H22ClF5N4O5S/c1-3-27(39)38(26-10-8-17(14-35-26)44(40,41)37-25-6-4-5-24(31)36-25)21-13-19(29)18(12-23(21)42-2)16-7-9-20(30)22(11-16)43-15-28(32,33)34/h4-14H,3,15H2,1-2H3,(H,36,37). The summed E-state index contributed by atoms with van der Waals surface area (Å²) in [6.07, 6.45) is -3.73. The number of sulfonamides is 1. The van der Waals surface area contributed by atoms with Gasteiger partial charge >= 0.3 is 6.18 Å². The number of benzene rings is 2. The number of amides is 1. The third-order valence-corrected chi connectivity index (χ3v) is 7.56. The minimum absolute atomic E-state index is 0.00795. The number of carbonyl (C=O) groups is 1. The number of alkyl halides is 3. The Morgan fingerprint density at radius 2 is 1.80 bits per heavy atom. The molecule has 9 nitrogen and oxygen atoms in total. The van der Waals surface area contributed by atoms with Gasteiger partial charge < -0.3 is 9.47 Å². The van der Waals surface area contributed by atoms with Crippen LogP contribution in [0.3, 0.4) is 0 Å². The molecule has 0 unspecified atom stereocenters.